The molecule has 1 N–H and O–H groups in total. The molecule has 2 aromatic rings. The predicted molar refractivity (Wildman–Crippen MR) is 61.4 cm³/mol. The van der Waals surface area contributed by atoms with Crippen LogP contribution in [0.3, 0.4) is 0 Å². The minimum atomic E-state index is -0.374. The van der Waals surface area contributed by atoms with Crippen LogP contribution in [0, 0.1) is 0 Å². The topological polar surface area (TPSA) is 67.2 Å². The summed E-state index contributed by atoms with van der Waals surface area (Å²) in [6.07, 6.45) is 5.93. The van der Waals surface area contributed by atoms with E-state index in [2.05, 4.69) is 20.5 Å². The predicted octanol–water partition coefficient (Wildman–Crippen LogP) is 1.30. The Labute approximate surface area is 95.9 Å². The lowest BCUT2D eigenvalue weighted by atomic mass is 10.4. The molecule has 5 nitrogen and oxygen atoms in total. The third kappa shape index (κ3) is 2.71. The Bertz CT molecular complexity index is 481. The zero-order valence-corrected chi connectivity index (χ0v) is 9.02. The number of aromatic nitrogens is 2. The second kappa shape index (κ2) is 5.13. The summed E-state index contributed by atoms with van der Waals surface area (Å²) in [4.78, 5) is 20.1. The molecule has 0 aliphatic rings. The van der Waals surface area contributed by atoms with Crippen LogP contribution in [0.15, 0.2) is 41.2 Å². The number of hydrogen-bond acceptors (Lipinski definition) is 5. The normalized spacial score (nSPS) is 10.5. The molecule has 0 radical (unpaired) electrons. The highest BCUT2D eigenvalue weighted by Crippen LogP contribution is 2.04. The third-order valence-corrected chi connectivity index (χ3v) is 2.50. The molecule has 0 unspecified atom stereocenters. The first kappa shape index (κ1) is 10.4. The van der Waals surface area contributed by atoms with Gasteiger partial charge in [-0.05, 0) is 11.4 Å². The van der Waals surface area contributed by atoms with Crippen molar-refractivity contribution in [2.45, 2.75) is 0 Å². The minimum absolute atomic E-state index is 0.242. The maximum atomic E-state index is 11.4. The zero-order valence-electron chi connectivity index (χ0n) is 8.20. The van der Waals surface area contributed by atoms with Crippen molar-refractivity contribution in [3.8, 4) is 0 Å². The highest BCUT2D eigenvalue weighted by atomic mass is 32.1. The summed E-state index contributed by atoms with van der Waals surface area (Å²) in [6.45, 7) is 0. The van der Waals surface area contributed by atoms with Crippen molar-refractivity contribution in [3.63, 3.8) is 0 Å². The highest BCUT2D eigenvalue weighted by molar-refractivity contribution is 7.11. The standard InChI is InChI=1S/C10H8N4OS/c15-10(9-7-11-3-4-12-9)14-13-6-8-2-1-5-16-8/h1-7H,(H,14,15)/b13-6+. The van der Waals surface area contributed by atoms with Gasteiger partial charge in [-0.15, -0.1) is 11.3 Å². The van der Waals surface area contributed by atoms with E-state index in [0.29, 0.717) is 0 Å². The van der Waals surface area contributed by atoms with E-state index in [-0.39, 0.29) is 11.6 Å². The number of carbonyl (C=O) groups is 1. The van der Waals surface area contributed by atoms with Crippen LogP contribution in [0.5, 0.6) is 0 Å². The van der Waals surface area contributed by atoms with Crippen LogP contribution in [-0.2, 0) is 0 Å². The maximum Gasteiger partial charge on any atom is 0.291 e. The first-order valence-electron chi connectivity index (χ1n) is 4.49. The van der Waals surface area contributed by atoms with Crippen molar-refractivity contribution in [2.24, 2.45) is 5.10 Å². The lowest BCUT2D eigenvalue weighted by molar-refractivity contribution is 0.0950. The van der Waals surface area contributed by atoms with Gasteiger partial charge in [-0.3, -0.25) is 9.78 Å². The molecule has 0 spiro atoms. The third-order valence-electron chi connectivity index (χ3n) is 1.70. The fourth-order valence-electron chi connectivity index (χ4n) is 0.993. The maximum absolute atomic E-state index is 11.4. The van der Waals surface area contributed by atoms with Crippen molar-refractivity contribution in [2.75, 3.05) is 0 Å². The smallest absolute Gasteiger partial charge is 0.265 e. The summed E-state index contributed by atoms with van der Waals surface area (Å²) in [7, 11) is 0. The van der Waals surface area contributed by atoms with E-state index in [0.717, 1.165) is 4.88 Å². The molecule has 0 aromatic carbocycles. The fourth-order valence-corrected chi connectivity index (χ4v) is 1.58. The number of hydrogen-bond donors (Lipinski definition) is 1. The van der Waals surface area contributed by atoms with Crippen LogP contribution in [0.25, 0.3) is 0 Å². The zero-order chi connectivity index (χ0) is 11.2. The Morgan fingerprint density at radius 3 is 3.12 bits per heavy atom. The van der Waals surface area contributed by atoms with Crippen LogP contribution < -0.4 is 5.43 Å². The summed E-state index contributed by atoms with van der Waals surface area (Å²) in [5.74, 6) is -0.374. The Kier molecular flexibility index (Phi) is 3.35. The number of rotatable bonds is 3. The van der Waals surface area contributed by atoms with Gasteiger partial charge < -0.3 is 0 Å². The summed E-state index contributed by atoms with van der Waals surface area (Å²) in [6, 6.07) is 3.82. The Hall–Kier alpha value is -2.08. The SMILES string of the molecule is O=C(N/N=C/c1cccs1)c1cnccn1. The van der Waals surface area contributed by atoms with E-state index in [1.54, 1.807) is 17.6 Å². The Balaban J connectivity index is 1.94. The van der Waals surface area contributed by atoms with Crippen LogP contribution in [0.4, 0.5) is 0 Å². The number of thiophene rings is 1. The van der Waals surface area contributed by atoms with Crippen LogP contribution >= 0.6 is 11.3 Å². The second-order valence-corrected chi connectivity index (χ2v) is 3.78. The Morgan fingerprint density at radius 1 is 1.50 bits per heavy atom. The number of nitrogens with zero attached hydrogens (tertiary/aromatic N) is 3. The lowest BCUT2D eigenvalue weighted by Gasteiger charge is -1.96. The fraction of sp³-hybridized carbons (Fsp3) is 0. The van der Waals surface area contributed by atoms with E-state index >= 15 is 0 Å². The van der Waals surface area contributed by atoms with E-state index < -0.39 is 0 Å². The highest BCUT2D eigenvalue weighted by Gasteiger charge is 2.04. The molecule has 0 aliphatic heterocycles. The van der Waals surface area contributed by atoms with Gasteiger partial charge in [0.2, 0.25) is 0 Å². The van der Waals surface area contributed by atoms with Crippen LogP contribution in [-0.4, -0.2) is 22.1 Å². The van der Waals surface area contributed by atoms with Gasteiger partial charge in [0.1, 0.15) is 5.69 Å². The molecule has 0 fully saturated rings. The van der Waals surface area contributed by atoms with Gasteiger partial charge in [0.05, 0.1) is 12.4 Å². The molecule has 6 heteroatoms. The first-order chi connectivity index (χ1) is 7.86. The van der Waals surface area contributed by atoms with Crippen molar-refractivity contribution >= 4 is 23.5 Å². The molecule has 0 saturated carbocycles. The van der Waals surface area contributed by atoms with Gasteiger partial charge in [0, 0.05) is 17.3 Å². The monoisotopic (exact) mass is 232 g/mol. The van der Waals surface area contributed by atoms with E-state index in [9.17, 15) is 4.79 Å². The molecule has 0 saturated heterocycles. The number of hydrazone groups is 1. The largest absolute Gasteiger partial charge is 0.291 e. The van der Waals surface area contributed by atoms with Gasteiger partial charge >= 0.3 is 0 Å². The molecule has 0 atom stereocenters. The molecule has 2 heterocycles. The van der Waals surface area contributed by atoms with E-state index in [1.807, 2.05) is 17.5 Å². The van der Waals surface area contributed by atoms with Gasteiger partial charge in [-0.25, -0.2) is 10.4 Å². The lowest BCUT2D eigenvalue weighted by Crippen LogP contribution is -2.18. The van der Waals surface area contributed by atoms with Gasteiger partial charge in [0.25, 0.3) is 5.91 Å². The number of carbonyl (C=O) groups excluding carboxylic acids is 1. The second-order valence-electron chi connectivity index (χ2n) is 2.81. The minimum Gasteiger partial charge on any atom is -0.265 e. The van der Waals surface area contributed by atoms with Crippen molar-refractivity contribution in [1.29, 1.82) is 0 Å². The molecule has 0 bridgehead atoms. The summed E-state index contributed by atoms with van der Waals surface area (Å²) < 4.78 is 0. The summed E-state index contributed by atoms with van der Waals surface area (Å²) in [5.41, 5.74) is 2.61. The molecular formula is C10H8N4OS. The molecule has 16 heavy (non-hydrogen) atoms. The average molecular weight is 232 g/mol. The van der Waals surface area contributed by atoms with Crippen LogP contribution in [0.2, 0.25) is 0 Å². The number of amides is 1. The quantitative estimate of drug-likeness (QED) is 0.640. The Morgan fingerprint density at radius 2 is 2.44 bits per heavy atom. The molecule has 0 aliphatic carbocycles. The van der Waals surface area contributed by atoms with Gasteiger partial charge in [-0.2, -0.15) is 5.10 Å². The van der Waals surface area contributed by atoms with Crippen molar-refractivity contribution in [3.05, 3.63) is 46.7 Å². The molecular weight excluding hydrogens is 224 g/mol. The molecule has 2 aromatic heterocycles. The van der Waals surface area contributed by atoms with Gasteiger partial charge in [-0.1, -0.05) is 6.07 Å². The van der Waals surface area contributed by atoms with Crippen LogP contribution in [0.1, 0.15) is 15.4 Å². The summed E-state index contributed by atoms with van der Waals surface area (Å²) in [5, 5.41) is 5.74. The molecule has 80 valence electrons. The first-order valence-corrected chi connectivity index (χ1v) is 5.37. The number of nitrogens with one attached hydrogen (secondary N) is 1. The summed E-state index contributed by atoms with van der Waals surface area (Å²) >= 11 is 1.54. The van der Waals surface area contributed by atoms with Crippen molar-refractivity contribution < 1.29 is 4.79 Å². The van der Waals surface area contributed by atoms with E-state index in [1.165, 1.54) is 18.6 Å². The van der Waals surface area contributed by atoms with Crippen molar-refractivity contribution in [1.82, 2.24) is 15.4 Å². The molecule has 1 amide bonds. The van der Waals surface area contributed by atoms with Gasteiger partial charge in [0.15, 0.2) is 0 Å². The average Bonchev–Trinajstić information content (AvgIpc) is 2.83. The van der Waals surface area contributed by atoms with E-state index in [4.69, 9.17) is 0 Å². The molecule has 2 rings (SSSR count).